The molecule has 0 unspecified atom stereocenters. The Morgan fingerprint density at radius 3 is 2.74 bits per heavy atom. The molecule has 19 heavy (non-hydrogen) atoms. The molecule has 4 heteroatoms. The summed E-state index contributed by atoms with van der Waals surface area (Å²) in [6, 6.07) is 8.48. The van der Waals surface area contributed by atoms with Gasteiger partial charge >= 0.3 is 0 Å². The van der Waals surface area contributed by atoms with Crippen LogP contribution in [0.15, 0.2) is 42.9 Å². The molecule has 2 aromatic rings. The van der Waals surface area contributed by atoms with Gasteiger partial charge in [-0.25, -0.2) is 0 Å². The van der Waals surface area contributed by atoms with Gasteiger partial charge in [-0.15, -0.1) is 0 Å². The Labute approximate surface area is 113 Å². The molecule has 0 spiro atoms. The van der Waals surface area contributed by atoms with E-state index in [2.05, 4.69) is 44.5 Å². The average molecular weight is 254 g/mol. The van der Waals surface area contributed by atoms with Gasteiger partial charge in [-0.1, -0.05) is 12.1 Å². The zero-order valence-corrected chi connectivity index (χ0v) is 10.9. The van der Waals surface area contributed by atoms with Crippen molar-refractivity contribution in [3.8, 4) is 0 Å². The molecule has 1 fully saturated rings. The van der Waals surface area contributed by atoms with E-state index in [4.69, 9.17) is 0 Å². The number of hydrogen-bond donors (Lipinski definition) is 1. The van der Waals surface area contributed by atoms with Crippen molar-refractivity contribution in [3.63, 3.8) is 0 Å². The number of rotatable bonds is 4. The van der Waals surface area contributed by atoms with Crippen LogP contribution in [0.1, 0.15) is 18.5 Å². The summed E-state index contributed by atoms with van der Waals surface area (Å²) in [6.45, 7) is 3.02. The first kappa shape index (κ1) is 12.0. The van der Waals surface area contributed by atoms with Gasteiger partial charge in [0, 0.05) is 25.5 Å². The van der Waals surface area contributed by atoms with Crippen molar-refractivity contribution in [2.75, 3.05) is 23.3 Å². The van der Waals surface area contributed by atoms with Crippen molar-refractivity contribution >= 4 is 11.4 Å². The predicted molar refractivity (Wildman–Crippen MR) is 77.2 cm³/mol. The van der Waals surface area contributed by atoms with Gasteiger partial charge in [0.15, 0.2) is 0 Å². The molecule has 1 saturated heterocycles. The van der Waals surface area contributed by atoms with Gasteiger partial charge in [-0.3, -0.25) is 9.97 Å². The van der Waals surface area contributed by atoms with Crippen LogP contribution in [-0.4, -0.2) is 23.1 Å². The van der Waals surface area contributed by atoms with Crippen LogP contribution < -0.4 is 10.2 Å². The Kier molecular flexibility index (Phi) is 3.58. The fourth-order valence-corrected chi connectivity index (χ4v) is 2.46. The van der Waals surface area contributed by atoms with E-state index in [1.165, 1.54) is 24.2 Å². The van der Waals surface area contributed by atoms with Crippen LogP contribution in [0.25, 0.3) is 0 Å². The van der Waals surface area contributed by atoms with Crippen molar-refractivity contribution in [2.45, 2.75) is 19.4 Å². The topological polar surface area (TPSA) is 41.0 Å². The molecule has 98 valence electrons. The number of anilines is 2. The summed E-state index contributed by atoms with van der Waals surface area (Å²) >= 11 is 0. The Morgan fingerprint density at radius 1 is 1.11 bits per heavy atom. The summed E-state index contributed by atoms with van der Waals surface area (Å²) in [4.78, 5) is 10.8. The van der Waals surface area contributed by atoms with Crippen LogP contribution in [0, 0.1) is 0 Å². The third kappa shape index (κ3) is 2.84. The predicted octanol–water partition coefficient (Wildman–Crippen LogP) is 2.69. The first-order chi connectivity index (χ1) is 9.43. The Bertz CT molecular complexity index is 521. The lowest BCUT2D eigenvalue weighted by Gasteiger charge is -2.21. The van der Waals surface area contributed by atoms with Crippen molar-refractivity contribution < 1.29 is 0 Å². The van der Waals surface area contributed by atoms with Crippen molar-refractivity contribution in [1.29, 1.82) is 0 Å². The largest absolute Gasteiger partial charge is 0.378 e. The molecule has 1 aliphatic rings. The second-order valence-electron chi connectivity index (χ2n) is 4.76. The quantitative estimate of drug-likeness (QED) is 0.910. The maximum atomic E-state index is 4.28. The van der Waals surface area contributed by atoms with Gasteiger partial charge in [0.2, 0.25) is 0 Å². The SMILES string of the molecule is c1ccc(N2CCCC2)c(NCc2cnccn2)c1. The molecule has 0 radical (unpaired) electrons. The van der Waals surface area contributed by atoms with Crippen LogP contribution in [0.5, 0.6) is 0 Å². The zero-order valence-electron chi connectivity index (χ0n) is 10.9. The Hall–Kier alpha value is -2.10. The smallest absolute Gasteiger partial charge is 0.0777 e. The lowest BCUT2D eigenvalue weighted by molar-refractivity contribution is 0.949. The molecule has 2 heterocycles. The fraction of sp³-hybridized carbons (Fsp3) is 0.333. The normalized spacial score (nSPS) is 14.6. The summed E-state index contributed by atoms with van der Waals surface area (Å²) < 4.78 is 0. The Morgan fingerprint density at radius 2 is 1.95 bits per heavy atom. The first-order valence-corrected chi connectivity index (χ1v) is 6.76. The second-order valence-corrected chi connectivity index (χ2v) is 4.76. The molecule has 4 nitrogen and oxygen atoms in total. The zero-order chi connectivity index (χ0) is 12.9. The molecule has 1 N–H and O–H groups in total. The summed E-state index contributed by atoms with van der Waals surface area (Å²) in [6.07, 6.45) is 7.80. The third-order valence-corrected chi connectivity index (χ3v) is 3.43. The molecule has 0 aliphatic carbocycles. The van der Waals surface area contributed by atoms with Gasteiger partial charge in [0.05, 0.1) is 29.8 Å². The van der Waals surface area contributed by atoms with Crippen LogP contribution in [0.2, 0.25) is 0 Å². The highest BCUT2D eigenvalue weighted by atomic mass is 15.2. The van der Waals surface area contributed by atoms with E-state index in [1.54, 1.807) is 18.6 Å². The van der Waals surface area contributed by atoms with Crippen LogP contribution in [-0.2, 0) is 6.54 Å². The summed E-state index contributed by atoms with van der Waals surface area (Å²) in [5.74, 6) is 0. The average Bonchev–Trinajstić information content (AvgIpc) is 3.01. The van der Waals surface area contributed by atoms with E-state index in [0.717, 1.165) is 18.8 Å². The number of nitrogens with one attached hydrogen (secondary N) is 1. The second kappa shape index (κ2) is 5.69. The summed E-state index contributed by atoms with van der Waals surface area (Å²) in [5, 5.41) is 3.46. The van der Waals surface area contributed by atoms with E-state index in [1.807, 2.05) is 0 Å². The highest BCUT2D eigenvalue weighted by Crippen LogP contribution is 2.28. The molecule has 1 aliphatic heterocycles. The van der Waals surface area contributed by atoms with Gasteiger partial charge in [0.25, 0.3) is 0 Å². The standard InChI is InChI=1S/C15H18N4/c1-2-6-15(19-9-3-4-10-19)14(5-1)18-12-13-11-16-7-8-17-13/h1-2,5-8,11,18H,3-4,9-10,12H2. The minimum Gasteiger partial charge on any atom is -0.378 e. The van der Waals surface area contributed by atoms with Crippen molar-refractivity contribution in [1.82, 2.24) is 9.97 Å². The number of para-hydroxylation sites is 2. The van der Waals surface area contributed by atoms with Crippen LogP contribution >= 0.6 is 0 Å². The van der Waals surface area contributed by atoms with E-state index in [9.17, 15) is 0 Å². The van der Waals surface area contributed by atoms with E-state index in [0.29, 0.717) is 6.54 Å². The summed E-state index contributed by atoms with van der Waals surface area (Å²) in [5.41, 5.74) is 3.43. The lowest BCUT2D eigenvalue weighted by Crippen LogP contribution is -2.19. The highest BCUT2D eigenvalue weighted by Gasteiger charge is 2.15. The fourth-order valence-electron chi connectivity index (χ4n) is 2.46. The molecular formula is C15H18N4. The van der Waals surface area contributed by atoms with Crippen molar-refractivity contribution in [3.05, 3.63) is 48.5 Å². The van der Waals surface area contributed by atoms with Gasteiger partial charge < -0.3 is 10.2 Å². The molecule has 1 aromatic carbocycles. The molecule has 1 aromatic heterocycles. The highest BCUT2D eigenvalue weighted by molar-refractivity contribution is 5.70. The number of benzene rings is 1. The minimum atomic E-state index is 0.707. The molecule has 0 bridgehead atoms. The number of hydrogen-bond acceptors (Lipinski definition) is 4. The molecular weight excluding hydrogens is 236 g/mol. The maximum Gasteiger partial charge on any atom is 0.0777 e. The lowest BCUT2D eigenvalue weighted by atomic mass is 10.2. The number of nitrogens with zero attached hydrogens (tertiary/aromatic N) is 3. The third-order valence-electron chi connectivity index (χ3n) is 3.43. The first-order valence-electron chi connectivity index (χ1n) is 6.76. The monoisotopic (exact) mass is 254 g/mol. The number of aromatic nitrogens is 2. The minimum absolute atomic E-state index is 0.707. The van der Waals surface area contributed by atoms with Gasteiger partial charge in [-0.05, 0) is 25.0 Å². The molecule has 0 saturated carbocycles. The molecule has 3 rings (SSSR count). The van der Waals surface area contributed by atoms with Crippen molar-refractivity contribution in [2.24, 2.45) is 0 Å². The maximum absolute atomic E-state index is 4.28. The Balaban J connectivity index is 1.73. The van der Waals surface area contributed by atoms with Gasteiger partial charge in [-0.2, -0.15) is 0 Å². The van der Waals surface area contributed by atoms with E-state index in [-0.39, 0.29) is 0 Å². The molecule has 0 atom stereocenters. The van der Waals surface area contributed by atoms with E-state index < -0.39 is 0 Å². The van der Waals surface area contributed by atoms with Crippen LogP contribution in [0.4, 0.5) is 11.4 Å². The van der Waals surface area contributed by atoms with Crippen LogP contribution in [0.3, 0.4) is 0 Å². The molecule has 0 amide bonds. The van der Waals surface area contributed by atoms with Gasteiger partial charge in [0.1, 0.15) is 0 Å². The van der Waals surface area contributed by atoms with E-state index >= 15 is 0 Å². The summed E-state index contributed by atoms with van der Waals surface area (Å²) in [7, 11) is 0.